The molecule has 1 unspecified atom stereocenters. The van der Waals surface area contributed by atoms with Gasteiger partial charge in [0.1, 0.15) is 17.0 Å². The molecule has 1 amide bonds. The zero-order valence-corrected chi connectivity index (χ0v) is 19.8. The standard InChI is InChI=1S/C26H27N5O5/c1-36-18-5-6-21-20(14-18)19(7-10-27-21)24(32)15-30-11-8-17(9-12-30)28-26(33)22-13-16-3-2-4-23(31(34)35)25(16)29-22/h2-7,10,13-14,17,24,29,32H,8-9,11-12,15H2,1H3,(H,28,33). The number of hydrogen-bond donors (Lipinski definition) is 3. The Kier molecular flexibility index (Phi) is 6.53. The van der Waals surface area contributed by atoms with Crippen LogP contribution in [0.15, 0.2) is 54.7 Å². The van der Waals surface area contributed by atoms with Crippen LogP contribution in [0.2, 0.25) is 0 Å². The Morgan fingerprint density at radius 1 is 1.28 bits per heavy atom. The fraction of sp³-hybridized carbons (Fsp3) is 0.308. The third-order valence-electron chi connectivity index (χ3n) is 6.77. The van der Waals surface area contributed by atoms with Crippen LogP contribution in [-0.4, -0.2) is 63.6 Å². The lowest BCUT2D eigenvalue weighted by Crippen LogP contribution is -2.45. The molecule has 4 aromatic rings. The molecular weight excluding hydrogens is 462 g/mol. The minimum atomic E-state index is -0.684. The van der Waals surface area contributed by atoms with E-state index in [0.717, 1.165) is 42.4 Å². The number of nitrogens with one attached hydrogen (secondary N) is 2. The number of rotatable bonds is 7. The Labute approximate surface area is 207 Å². The topological polar surface area (TPSA) is 134 Å². The van der Waals surface area contributed by atoms with Gasteiger partial charge in [-0.3, -0.25) is 19.9 Å². The molecular formula is C26H27N5O5. The second-order valence-corrected chi connectivity index (χ2v) is 9.03. The fourth-order valence-corrected chi connectivity index (χ4v) is 4.84. The summed E-state index contributed by atoms with van der Waals surface area (Å²) in [6, 6.07) is 13.8. The summed E-state index contributed by atoms with van der Waals surface area (Å²) in [6.45, 7) is 1.93. The van der Waals surface area contributed by atoms with Crippen LogP contribution in [-0.2, 0) is 0 Å². The number of aromatic amines is 1. The van der Waals surface area contributed by atoms with Gasteiger partial charge in [-0.25, -0.2) is 0 Å². The van der Waals surface area contributed by atoms with Gasteiger partial charge >= 0.3 is 0 Å². The molecule has 2 aromatic carbocycles. The van der Waals surface area contributed by atoms with Crippen LogP contribution >= 0.6 is 0 Å². The molecule has 1 atom stereocenters. The molecule has 186 valence electrons. The first kappa shape index (κ1) is 23.7. The Bertz CT molecular complexity index is 1430. The summed E-state index contributed by atoms with van der Waals surface area (Å²) in [6.07, 6.45) is 2.50. The highest BCUT2D eigenvalue weighted by atomic mass is 16.6. The molecule has 3 N–H and O–H groups in total. The number of para-hydroxylation sites is 1. The number of carbonyl (C=O) groups excluding carboxylic acids is 1. The zero-order chi connectivity index (χ0) is 25.2. The van der Waals surface area contributed by atoms with Gasteiger partial charge < -0.3 is 25.0 Å². The first-order chi connectivity index (χ1) is 17.4. The maximum Gasteiger partial charge on any atom is 0.293 e. The summed E-state index contributed by atoms with van der Waals surface area (Å²) in [5, 5.41) is 26.8. The number of amides is 1. The fourth-order valence-electron chi connectivity index (χ4n) is 4.84. The molecule has 1 saturated heterocycles. The molecule has 10 nitrogen and oxygen atoms in total. The first-order valence-corrected chi connectivity index (χ1v) is 11.8. The van der Waals surface area contributed by atoms with Gasteiger partial charge in [-0.2, -0.15) is 0 Å². The predicted molar refractivity (Wildman–Crippen MR) is 135 cm³/mol. The SMILES string of the molecule is COc1ccc2nccc(C(O)CN3CCC(NC(=O)c4cc5cccc([N+](=O)[O-])c5[nH]4)CC3)c2c1. The van der Waals surface area contributed by atoms with Gasteiger partial charge in [0, 0.05) is 48.7 Å². The number of likely N-dealkylation sites (tertiary alicyclic amines) is 1. The Hall–Kier alpha value is -4.02. The number of nitro benzene ring substituents is 1. The van der Waals surface area contributed by atoms with Gasteiger partial charge in [0.25, 0.3) is 11.6 Å². The molecule has 10 heteroatoms. The molecule has 5 rings (SSSR count). The van der Waals surface area contributed by atoms with E-state index < -0.39 is 11.0 Å². The molecule has 36 heavy (non-hydrogen) atoms. The number of carbonyl (C=O) groups is 1. The average Bonchev–Trinajstić information content (AvgIpc) is 3.33. The predicted octanol–water partition coefficient (Wildman–Crippen LogP) is 3.56. The average molecular weight is 490 g/mol. The number of benzene rings is 2. The number of methoxy groups -OCH3 is 1. The zero-order valence-electron chi connectivity index (χ0n) is 19.8. The third kappa shape index (κ3) is 4.73. The van der Waals surface area contributed by atoms with Crippen molar-refractivity contribution in [2.75, 3.05) is 26.7 Å². The number of pyridine rings is 1. The van der Waals surface area contributed by atoms with Crippen LogP contribution < -0.4 is 10.1 Å². The van der Waals surface area contributed by atoms with Gasteiger partial charge in [-0.05, 0) is 48.7 Å². The maximum absolute atomic E-state index is 12.8. The Morgan fingerprint density at radius 3 is 2.83 bits per heavy atom. The summed E-state index contributed by atoms with van der Waals surface area (Å²) in [5.41, 5.74) is 2.20. The normalized spacial score (nSPS) is 15.7. The molecule has 1 fully saturated rings. The number of aliphatic hydroxyl groups excluding tert-OH is 1. The monoisotopic (exact) mass is 489 g/mol. The molecule has 0 bridgehead atoms. The lowest BCUT2D eigenvalue weighted by molar-refractivity contribution is -0.383. The number of aliphatic hydroxyl groups is 1. The van der Waals surface area contributed by atoms with Crippen molar-refractivity contribution in [1.29, 1.82) is 0 Å². The Balaban J connectivity index is 1.19. The maximum atomic E-state index is 12.8. The van der Waals surface area contributed by atoms with E-state index in [1.54, 1.807) is 31.5 Å². The van der Waals surface area contributed by atoms with Crippen LogP contribution in [0.4, 0.5) is 5.69 Å². The molecule has 2 aromatic heterocycles. The van der Waals surface area contributed by atoms with Crippen LogP contribution in [0, 0.1) is 10.1 Å². The van der Waals surface area contributed by atoms with Gasteiger partial charge in [-0.1, -0.05) is 12.1 Å². The van der Waals surface area contributed by atoms with E-state index in [0.29, 0.717) is 28.9 Å². The van der Waals surface area contributed by atoms with Crippen LogP contribution in [0.3, 0.4) is 0 Å². The molecule has 1 aliphatic rings. The van der Waals surface area contributed by atoms with E-state index in [4.69, 9.17) is 4.74 Å². The van der Waals surface area contributed by atoms with Gasteiger partial charge in [0.05, 0.1) is 23.7 Å². The van der Waals surface area contributed by atoms with Crippen molar-refractivity contribution in [3.63, 3.8) is 0 Å². The largest absolute Gasteiger partial charge is 0.497 e. The summed E-state index contributed by atoms with van der Waals surface area (Å²) in [7, 11) is 1.61. The third-order valence-corrected chi connectivity index (χ3v) is 6.77. The van der Waals surface area contributed by atoms with Crippen molar-refractivity contribution in [2.45, 2.75) is 25.0 Å². The van der Waals surface area contributed by atoms with Crippen molar-refractivity contribution in [1.82, 2.24) is 20.2 Å². The molecule has 0 spiro atoms. The number of nitrogens with zero attached hydrogens (tertiary/aromatic N) is 3. The number of β-amino-alcohol motifs (C(OH)–C–C–N with tert-alkyl or cyclic N) is 1. The van der Waals surface area contributed by atoms with Crippen LogP contribution in [0.25, 0.3) is 21.8 Å². The lowest BCUT2D eigenvalue weighted by atomic mass is 10.0. The van der Waals surface area contributed by atoms with Crippen molar-refractivity contribution < 1.29 is 19.6 Å². The highest BCUT2D eigenvalue weighted by Gasteiger charge is 2.25. The molecule has 0 radical (unpaired) electrons. The second-order valence-electron chi connectivity index (χ2n) is 9.03. The first-order valence-electron chi connectivity index (χ1n) is 11.8. The number of non-ortho nitro benzene ring substituents is 1. The number of aromatic nitrogens is 2. The van der Waals surface area contributed by atoms with E-state index in [2.05, 4.69) is 20.2 Å². The van der Waals surface area contributed by atoms with Crippen molar-refractivity contribution >= 4 is 33.4 Å². The van der Waals surface area contributed by atoms with Crippen LogP contribution in [0.5, 0.6) is 5.75 Å². The minimum absolute atomic E-state index is 0.0155. The van der Waals surface area contributed by atoms with E-state index in [9.17, 15) is 20.0 Å². The van der Waals surface area contributed by atoms with E-state index in [-0.39, 0.29) is 17.6 Å². The summed E-state index contributed by atoms with van der Waals surface area (Å²) >= 11 is 0. The number of piperidine rings is 1. The van der Waals surface area contributed by atoms with Crippen molar-refractivity contribution in [3.05, 3.63) is 76.1 Å². The summed E-state index contributed by atoms with van der Waals surface area (Å²) in [4.78, 5) is 33.1. The van der Waals surface area contributed by atoms with Crippen LogP contribution in [0.1, 0.15) is 35.0 Å². The smallest absolute Gasteiger partial charge is 0.293 e. The van der Waals surface area contributed by atoms with Crippen molar-refractivity contribution in [2.24, 2.45) is 0 Å². The van der Waals surface area contributed by atoms with Gasteiger partial charge in [0.15, 0.2) is 0 Å². The second kappa shape index (κ2) is 9.92. The lowest BCUT2D eigenvalue weighted by Gasteiger charge is -2.33. The van der Waals surface area contributed by atoms with Gasteiger partial charge in [-0.15, -0.1) is 0 Å². The van der Waals surface area contributed by atoms with Crippen molar-refractivity contribution in [3.8, 4) is 5.75 Å². The number of fused-ring (bicyclic) bond motifs is 2. The summed E-state index contributed by atoms with van der Waals surface area (Å²) in [5.74, 6) is 0.432. The highest BCUT2D eigenvalue weighted by molar-refractivity contribution is 6.00. The van der Waals surface area contributed by atoms with E-state index in [1.165, 1.54) is 6.07 Å². The van der Waals surface area contributed by atoms with E-state index in [1.807, 2.05) is 24.3 Å². The molecule has 1 aliphatic heterocycles. The number of H-pyrrole nitrogens is 1. The Morgan fingerprint density at radius 2 is 2.08 bits per heavy atom. The molecule has 0 aliphatic carbocycles. The van der Waals surface area contributed by atoms with E-state index >= 15 is 0 Å². The number of hydrogen-bond acceptors (Lipinski definition) is 7. The van der Waals surface area contributed by atoms with Gasteiger partial charge in [0.2, 0.25) is 0 Å². The number of ether oxygens (including phenoxy) is 1. The molecule has 0 saturated carbocycles. The summed E-state index contributed by atoms with van der Waals surface area (Å²) < 4.78 is 5.33. The number of nitro groups is 1. The molecule has 3 heterocycles. The quantitative estimate of drug-likeness (QED) is 0.267. The minimum Gasteiger partial charge on any atom is -0.497 e. The highest BCUT2D eigenvalue weighted by Crippen LogP contribution is 2.28.